The molecule has 1 aliphatic rings. The smallest absolute Gasteiger partial charge is 0.119 e. The highest BCUT2D eigenvalue weighted by molar-refractivity contribution is 5.48. The monoisotopic (exact) mass is 366 g/mol. The van der Waals surface area contributed by atoms with E-state index < -0.39 is 0 Å². The van der Waals surface area contributed by atoms with Crippen LogP contribution in [0.25, 0.3) is 6.08 Å². The van der Waals surface area contributed by atoms with E-state index in [0.29, 0.717) is 6.04 Å². The zero-order valence-electron chi connectivity index (χ0n) is 16.1. The van der Waals surface area contributed by atoms with Crippen molar-refractivity contribution in [3.63, 3.8) is 0 Å². The fourth-order valence-corrected chi connectivity index (χ4v) is 3.66. The lowest BCUT2D eigenvalue weighted by molar-refractivity contribution is 0.0596. The average molecular weight is 367 g/mol. The van der Waals surface area contributed by atoms with Crippen molar-refractivity contribution in [2.24, 2.45) is 0 Å². The van der Waals surface area contributed by atoms with Crippen LogP contribution in [0.3, 0.4) is 0 Å². The Bertz CT molecular complexity index is 717. The van der Waals surface area contributed by atoms with Gasteiger partial charge in [0, 0.05) is 45.4 Å². The normalized spacial score (nSPS) is 18.8. The molecule has 0 spiro atoms. The van der Waals surface area contributed by atoms with E-state index in [1.165, 1.54) is 11.1 Å². The van der Waals surface area contributed by atoms with Gasteiger partial charge in [-0.3, -0.25) is 9.80 Å². The zero-order chi connectivity index (χ0) is 18.9. The third-order valence-corrected chi connectivity index (χ3v) is 5.14. The van der Waals surface area contributed by atoms with Crippen molar-refractivity contribution in [1.29, 1.82) is 0 Å². The Labute approximate surface area is 162 Å². The van der Waals surface area contributed by atoms with Crippen LogP contribution >= 0.6 is 0 Å². The van der Waals surface area contributed by atoms with E-state index in [4.69, 9.17) is 4.74 Å². The molecule has 4 nitrogen and oxygen atoms in total. The molecular weight excluding hydrogens is 336 g/mol. The predicted octanol–water partition coefficient (Wildman–Crippen LogP) is 3.28. The van der Waals surface area contributed by atoms with Crippen LogP contribution in [0.1, 0.15) is 17.5 Å². The summed E-state index contributed by atoms with van der Waals surface area (Å²) >= 11 is 0. The Balaban J connectivity index is 1.56. The van der Waals surface area contributed by atoms with Gasteiger partial charge in [-0.1, -0.05) is 54.6 Å². The van der Waals surface area contributed by atoms with Crippen LogP contribution in [0.15, 0.2) is 60.7 Å². The molecule has 3 rings (SSSR count). The molecule has 2 aromatic carbocycles. The molecule has 1 heterocycles. The summed E-state index contributed by atoms with van der Waals surface area (Å²) in [7, 11) is 1.70. The molecule has 1 aliphatic heterocycles. The van der Waals surface area contributed by atoms with Crippen LogP contribution in [-0.2, 0) is 6.54 Å². The van der Waals surface area contributed by atoms with E-state index in [1.54, 1.807) is 7.11 Å². The second kappa shape index (κ2) is 10.3. The molecule has 0 aliphatic carbocycles. The lowest BCUT2D eigenvalue weighted by Crippen LogP contribution is -2.52. The fourth-order valence-electron chi connectivity index (χ4n) is 3.66. The molecule has 0 saturated carbocycles. The molecule has 2 aromatic rings. The summed E-state index contributed by atoms with van der Waals surface area (Å²) in [5.41, 5.74) is 2.50. The number of methoxy groups -OCH3 is 1. The van der Waals surface area contributed by atoms with E-state index in [2.05, 4.69) is 58.4 Å². The Kier molecular flexibility index (Phi) is 7.45. The first kappa shape index (κ1) is 19.6. The van der Waals surface area contributed by atoms with Crippen LogP contribution in [0.2, 0.25) is 0 Å². The van der Waals surface area contributed by atoms with Crippen molar-refractivity contribution in [2.75, 3.05) is 39.9 Å². The van der Waals surface area contributed by atoms with Crippen LogP contribution < -0.4 is 4.74 Å². The summed E-state index contributed by atoms with van der Waals surface area (Å²) in [6.45, 7) is 5.13. The van der Waals surface area contributed by atoms with Gasteiger partial charge in [0.05, 0.1) is 7.11 Å². The quantitative estimate of drug-likeness (QED) is 0.778. The first-order valence-electron chi connectivity index (χ1n) is 9.70. The molecule has 1 fully saturated rings. The van der Waals surface area contributed by atoms with Crippen molar-refractivity contribution in [2.45, 2.75) is 19.0 Å². The molecule has 1 N–H and O–H groups in total. The molecule has 0 amide bonds. The molecular formula is C23H30N2O2. The molecule has 0 bridgehead atoms. The van der Waals surface area contributed by atoms with Crippen molar-refractivity contribution >= 4 is 6.08 Å². The van der Waals surface area contributed by atoms with Crippen molar-refractivity contribution < 1.29 is 9.84 Å². The predicted molar refractivity (Wildman–Crippen MR) is 111 cm³/mol. The fraction of sp³-hybridized carbons (Fsp3) is 0.391. The number of aliphatic hydroxyl groups excluding tert-OH is 1. The molecule has 1 atom stereocenters. The van der Waals surface area contributed by atoms with E-state index in [9.17, 15) is 5.11 Å². The van der Waals surface area contributed by atoms with Crippen molar-refractivity contribution in [1.82, 2.24) is 9.80 Å². The highest BCUT2D eigenvalue weighted by Gasteiger charge is 2.26. The summed E-state index contributed by atoms with van der Waals surface area (Å²) in [6, 6.07) is 19.1. The number of benzene rings is 2. The molecule has 144 valence electrons. The van der Waals surface area contributed by atoms with Gasteiger partial charge in [0.1, 0.15) is 5.75 Å². The van der Waals surface area contributed by atoms with Gasteiger partial charge in [0.2, 0.25) is 0 Å². The molecule has 0 aromatic heterocycles. The topological polar surface area (TPSA) is 35.9 Å². The van der Waals surface area contributed by atoms with Crippen LogP contribution in [0, 0.1) is 0 Å². The first-order chi connectivity index (χ1) is 13.3. The lowest BCUT2D eigenvalue weighted by Gasteiger charge is -2.41. The standard InChI is InChI=1S/C23H30N2O2/c1-27-23-11-5-9-21(17-23)18-25-15-14-24(19-22(25)12-16-26)13-6-10-20-7-3-2-4-8-20/h2-11,17,22,26H,12-16,18-19H2,1H3/b10-6+/t22-/m0/s1. The van der Waals surface area contributed by atoms with Crippen molar-refractivity contribution in [3.05, 3.63) is 71.8 Å². The van der Waals surface area contributed by atoms with Gasteiger partial charge in [-0.25, -0.2) is 0 Å². The van der Waals surface area contributed by atoms with E-state index >= 15 is 0 Å². The number of hydrogen-bond donors (Lipinski definition) is 1. The van der Waals surface area contributed by atoms with Crippen LogP contribution in [0.5, 0.6) is 5.75 Å². The highest BCUT2D eigenvalue weighted by atomic mass is 16.5. The van der Waals surface area contributed by atoms with Gasteiger partial charge < -0.3 is 9.84 Å². The first-order valence-corrected chi connectivity index (χ1v) is 9.70. The maximum atomic E-state index is 9.52. The summed E-state index contributed by atoms with van der Waals surface area (Å²) in [5.74, 6) is 0.899. The van der Waals surface area contributed by atoms with Gasteiger partial charge in [-0.05, 0) is 29.7 Å². The molecule has 0 radical (unpaired) electrons. The molecule has 0 unspecified atom stereocenters. The van der Waals surface area contributed by atoms with Gasteiger partial charge >= 0.3 is 0 Å². The minimum atomic E-state index is 0.229. The van der Waals surface area contributed by atoms with Gasteiger partial charge in [0.15, 0.2) is 0 Å². The number of ether oxygens (including phenoxy) is 1. The average Bonchev–Trinajstić information content (AvgIpc) is 2.71. The number of rotatable bonds is 8. The van der Waals surface area contributed by atoms with E-state index in [-0.39, 0.29) is 6.61 Å². The summed E-state index contributed by atoms with van der Waals surface area (Å²) in [5, 5.41) is 9.52. The zero-order valence-corrected chi connectivity index (χ0v) is 16.1. The summed E-state index contributed by atoms with van der Waals surface area (Å²) < 4.78 is 5.34. The minimum absolute atomic E-state index is 0.229. The lowest BCUT2D eigenvalue weighted by atomic mass is 10.1. The Hall–Kier alpha value is -2.14. The van der Waals surface area contributed by atoms with E-state index in [0.717, 1.165) is 44.9 Å². The van der Waals surface area contributed by atoms with Gasteiger partial charge in [-0.2, -0.15) is 0 Å². The third kappa shape index (κ3) is 5.93. The maximum absolute atomic E-state index is 9.52. The second-order valence-electron chi connectivity index (χ2n) is 7.06. The molecule has 1 saturated heterocycles. The van der Waals surface area contributed by atoms with Crippen molar-refractivity contribution in [3.8, 4) is 5.75 Å². The number of hydrogen-bond acceptors (Lipinski definition) is 4. The Morgan fingerprint density at radius 3 is 2.74 bits per heavy atom. The van der Waals surface area contributed by atoms with E-state index in [1.807, 2.05) is 18.2 Å². The Morgan fingerprint density at radius 1 is 1.11 bits per heavy atom. The number of nitrogens with zero attached hydrogens (tertiary/aromatic N) is 2. The second-order valence-corrected chi connectivity index (χ2v) is 7.06. The summed E-state index contributed by atoms with van der Waals surface area (Å²) in [4.78, 5) is 4.96. The molecule has 4 heteroatoms. The number of piperazine rings is 1. The van der Waals surface area contributed by atoms with Gasteiger partial charge in [0.25, 0.3) is 0 Å². The summed E-state index contributed by atoms with van der Waals surface area (Å²) in [6.07, 6.45) is 5.23. The van der Waals surface area contributed by atoms with Gasteiger partial charge in [-0.15, -0.1) is 0 Å². The maximum Gasteiger partial charge on any atom is 0.119 e. The number of aliphatic hydroxyl groups is 1. The largest absolute Gasteiger partial charge is 0.497 e. The Morgan fingerprint density at radius 2 is 1.96 bits per heavy atom. The third-order valence-electron chi connectivity index (χ3n) is 5.14. The van der Waals surface area contributed by atoms with Crippen LogP contribution in [0.4, 0.5) is 0 Å². The van der Waals surface area contributed by atoms with Crippen LogP contribution in [-0.4, -0.2) is 60.8 Å². The molecule has 27 heavy (non-hydrogen) atoms. The highest BCUT2D eigenvalue weighted by Crippen LogP contribution is 2.19. The minimum Gasteiger partial charge on any atom is -0.497 e. The SMILES string of the molecule is COc1cccc(CN2CCN(C/C=C/c3ccccc3)C[C@@H]2CCO)c1.